The first kappa shape index (κ1) is 57.2. The van der Waals surface area contributed by atoms with E-state index in [-0.39, 0.29) is 47.9 Å². The smallest absolute Gasteiger partial charge is 0.258 e. The molecule has 0 aromatic heterocycles. The number of carbonyl (C=O) groups excluding carboxylic acids is 4. The van der Waals surface area contributed by atoms with Gasteiger partial charge in [-0.25, -0.2) is 0 Å². The second-order valence-corrected chi connectivity index (χ2v) is 19.3. The second kappa shape index (κ2) is 28.0. The molecule has 2 N–H and O–H groups in total. The third kappa shape index (κ3) is 14.9. The van der Waals surface area contributed by atoms with Gasteiger partial charge < -0.3 is 48.9 Å². The van der Waals surface area contributed by atoms with E-state index in [1.807, 2.05) is 135 Å². The molecule has 0 unspecified atom stereocenters. The lowest BCUT2D eigenvalue weighted by molar-refractivity contribution is -0.126. The second-order valence-electron chi connectivity index (χ2n) is 19.3. The van der Waals surface area contributed by atoms with E-state index in [1.54, 1.807) is 91.1 Å². The maximum atomic E-state index is 14.0. The Labute approximate surface area is 458 Å². The first-order valence-electron chi connectivity index (χ1n) is 26.3. The van der Waals surface area contributed by atoms with Crippen LogP contribution in [0.5, 0.6) is 34.5 Å². The summed E-state index contributed by atoms with van der Waals surface area (Å²) >= 11 is 0. The van der Waals surface area contributed by atoms with Crippen LogP contribution in [0.2, 0.25) is 0 Å². The quantitative estimate of drug-likeness (QED) is 0.127. The lowest BCUT2D eigenvalue weighted by Gasteiger charge is -2.31. The van der Waals surface area contributed by atoms with Gasteiger partial charge in [-0.1, -0.05) is 109 Å². The number of methoxy groups -OCH3 is 4. The van der Waals surface area contributed by atoms with Gasteiger partial charge in [0.15, 0.2) is 0 Å². The largest absolute Gasteiger partial charge is 0.497 e. The Morgan fingerprint density at radius 2 is 0.821 bits per heavy atom. The number of carbonyl (C=O) groups is 4. The highest BCUT2D eigenvalue weighted by atomic mass is 16.5. The Balaban J connectivity index is 0.000000226. The summed E-state index contributed by atoms with van der Waals surface area (Å²) in [6, 6.07) is 42.6. The topological polar surface area (TPSA) is 154 Å². The molecule has 6 aromatic rings. The number of amides is 4. The van der Waals surface area contributed by atoms with Gasteiger partial charge in [-0.05, 0) is 86.3 Å². The summed E-state index contributed by atoms with van der Waals surface area (Å²) in [6.07, 6.45) is 11.0. The molecule has 2 heterocycles. The van der Waals surface area contributed by atoms with Crippen LogP contribution in [-0.4, -0.2) is 100 Å². The summed E-state index contributed by atoms with van der Waals surface area (Å²) in [5.74, 6) is 2.50. The molecule has 0 radical (unpaired) electrons. The van der Waals surface area contributed by atoms with Crippen LogP contribution in [0, 0.1) is 0 Å². The standard InChI is InChI=1S/2C32H36N2O5/c2*1-22-12-8-10-16-27(25-19-18-24(37-3)21-30(25)38-4)33-31(35)28(20-23-13-6-5-7-14-23)34(2)32(36)26-15-9-11-17-29(26)39-22/h2*5-11,13-15,17-19,21-22,27-28H,12,16,20H2,1-4H3,(H,33,35)/b10-8+;10-8-/t2*22-,27-,28+/m00/s1. The van der Waals surface area contributed by atoms with Crippen LogP contribution < -0.4 is 39.1 Å². The Morgan fingerprint density at radius 1 is 0.462 bits per heavy atom. The van der Waals surface area contributed by atoms with Crippen molar-refractivity contribution in [2.24, 2.45) is 0 Å². The minimum absolute atomic E-state index is 0.146. The number of likely N-dealkylation sites (N-methyl/N-ethyl adjacent to an activating group) is 2. The number of rotatable bonds is 10. The van der Waals surface area contributed by atoms with Crippen molar-refractivity contribution in [2.75, 3.05) is 42.5 Å². The molecule has 6 aromatic carbocycles. The number of hydrogen-bond acceptors (Lipinski definition) is 10. The van der Waals surface area contributed by atoms with Crippen LogP contribution in [0.4, 0.5) is 0 Å². The average molecular weight is 1060 g/mol. The molecule has 4 amide bonds. The summed E-state index contributed by atoms with van der Waals surface area (Å²) in [7, 11) is 9.74. The van der Waals surface area contributed by atoms with Crippen molar-refractivity contribution in [1.82, 2.24) is 20.4 Å². The molecular formula is C64H72N4O10. The number of nitrogens with one attached hydrogen (secondary N) is 2. The highest BCUT2D eigenvalue weighted by Gasteiger charge is 2.34. The zero-order valence-corrected chi connectivity index (χ0v) is 45.8. The summed E-state index contributed by atoms with van der Waals surface area (Å²) in [5.41, 5.74) is 4.40. The van der Waals surface area contributed by atoms with Gasteiger partial charge in [0.2, 0.25) is 11.8 Å². The highest BCUT2D eigenvalue weighted by molar-refractivity contribution is 6.00. The molecule has 0 aliphatic carbocycles. The first-order chi connectivity index (χ1) is 37.8. The van der Waals surface area contributed by atoms with Gasteiger partial charge in [0.1, 0.15) is 46.6 Å². The lowest BCUT2D eigenvalue weighted by Crippen LogP contribution is -2.49. The average Bonchev–Trinajstić information content (AvgIpc) is 3.47. The molecule has 408 valence electrons. The number of benzene rings is 6. The van der Waals surface area contributed by atoms with Gasteiger partial charge in [0.05, 0.1) is 63.9 Å². The van der Waals surface area contributed by atoms with Crippen LogP contribution in [0.1, 0.15) is 94.6 Å². The van der Waals surface area contributed by atoms with E-state index in [0.29, 0.717) is 84.1 Å². The van der Waals surface area contributed by atoms with Crippen molar-refractivity contribution in [2.45, 2.75) is 88.7 Å². The number of hydrogen-bond donors (Lipinski definition) is 2. The molecule has 0 spiro atoms. The van der Waals surface area contributed by atoms with Gasteiger partial charge in [-0.15, -0.1) is 0 Å². The first-order valence-corrected chi connectivity index (χ1v) is 26.3. The molecule has 2 aliphatic heterocycles. The van der Waals surface area contributed by atoms with Crippen molar-refractivity contribution in [3.63, 3.8) is 0 Å². The molecule has 2 aliphatic rings. The SMILES string of the molecule is COc1ccc([C@@H]2C/C=C/C[C@H](C)Oc3ccccc3C(=O)N(C)[C@H](Cc3ccccc3)C(=O)N2)c(OC)c1.COc1ccc([C@@H]2C/C=C\C[C@H](C)Oc3ccccc3C(=O)N(C)[C@H](Cc3ccccc3)C(=O)N2)c(OC)c1. The molecule has 14 nitrogen and oxygen atoms in total. The van der Waals surface area contributed by atoms with E-state index in [4.69, 9.17) is 28.4 Å². The third-order valence-electron chi connectivity index (χ3n) is 13.9. The van der Waals surface area contributed by atoms with Crippen molar-refractivity contribution < 1.29 is 47.6 Å². The Morgan fingerprint density at radius 3 is 1.19 bits per heavy atom. The third-order valence-corrected chi connectivity index (χ3v) is 13.9. The van der Waals surface area contributed by atoms with Gasteiger partial charge in [0, 0.05) is 63.0 Å². The summed E-state index contributed by atoms with van der Waals surface area (Å²) in [6.45, 7) is 3.95. The Bertz CT molecular complexity index is 2820. The van der Waals surface area contributed by atoms with Crippen LogP contribution in [0.15, 0.2) is 170 Å². The van der Waals surface area contributed by atoms with E-state index >= 15 is 0 Å². The molecule has 0 saturated heterocycles. The maximum absolute atomic E-state index is 14.0. The lowest BCUT2D eigenvalue weighted by atomic mass is 9.98. The summed E-state index contributed by atoms with van der Waals surface area (Å²) in [5, 5.41) is 6.44. The van der Waals surface area contributed by atoms with E-state index < -0.39 is 12.1 Å². The van der Waals surface area contributed by atoms with Gasteiger partial charge >= 0.3 is 0 Å². The Kier molecular flexibility index (Phi) is 20.5. The van der Waals surface area contributed by atoms with Gasteiger partial charge in [-0.3, -0.25) is 19.2 Å². The zero-order chi connectivity index (χ0) is 55.6. The van der Waals surface area contributed by atoms with E-state index in [1.165, 1.54) is 9.80 Å². The Hall–Kier alpha value is -8.52. The van der Waals surface area contributed by atoms with Crippen molar-refractivity contribution in [3.8, 4) is 34.5 Å². The minimum atomic E-state index is -0.760. The van der Waals surface area contributed by atoms with E-state index in [0.717, 1.165) is 22.3 Å². The number of ether oxygens (including phenoxy) is 6. The fourth-order valence-corrected chi connectivity index (χ4v) is 9.49. The fraction of sp³-hybridized carbons (Fsp3) is 0.312. The monoisotopic (exact) mass is 1060 g/mol. The fourth-order valence-electron chi connectivity index (χ4n) is 9.49. The predicted molar refractivity (Wildman–Crippen MR) is 303 cm³/mol. The van der Waals surface area contributed by atoms with Crippen molar-refractivity contribution in [1.29, 1.82) is 0 Å². The molecule has 0 fully saturated rings. The van der Waals surface area contributed by atoms with E-state index in [2.05, 4.69) is 10.6 Å². The minimum Gasteiger partial charge on any atom is -0.497 e. The van der Waals surface area contributed by atoms with Crippen LogP contribution in [-0.2, 0) is 22.4 Å². The van der Waals surface area contributed by atoms with Gasteiger partial charge in [0.25, 0.3) is 11.8 Å². The van der Waals surface area contributed by atoms with Crippen molar-refractivity contribution in [3.05, 3.63) is 203 Å². The zero-order valence-electron chi connectivity index (χ0n) is 45.8. The van der Waals surface area contributed by atoms with Gasteiger partial charge in [-0.2, -0.15) is 0 Å². The molecule has 0 bridgehead atoms. The molecule has 0 saturated carbocycles. The number of fused-ring (bicyclic) bond motifs is 2. The molecule has 78 heavy (non-hydrogen) atoms. The molecular weight excluding hydrogens is 985 g/mol. The van der Waals surface area contributed by atoms with Crippen LogP contribution in [0.3, 0.4) is 0 Å². The predicted octanol–water partition coefficient (Wildman–Crippen LogP) is 10.7. The molecule has 14 heteroatoms. The van der Waals surface area contributed by atoms with E-state index in [9.17, 15) is 19.2 Å². The molecule has 8 rings (SSSR count). The number of para-hydroxylation sites is 2. The van der Waals surface area contributed by atoms with Crippen molar-refractivity contribution >= 4 is 23.6 Å². The van der Waals surface area contributed by atoms with Crippen LogP contribution >= 0.6 is 0 Å². The highest BCUT2D eigenvalue weighted by Crippen LogP contribution is 2.34. The normalized spacial score (nSPS) is 21.1. The van der Waals surface area contributed by atoms with Crippen LogP contribution in [0.25, 0.3) is 0 Å². The summed E-state index contributed by atoms with van der Waals surface area (Å²) in [4.78, 5) is 58.6. The molecule has 6 atom stereocenters. The summed E-state index contributed by atoms with van der Waals surface area (Å²) < 4.78 is 34.4. The number of nitrogens with zero attached hydrogens (tertiary/aromatic N) is 2. The maximum Gasteiger partial charge on any atom is 0.258 e.